The lowest BCUT2D eigenvalue weighted by Crippen LogP contribution is -2.26. The molecule has 2 N–H and O–H groups in total. The van der Waals surface area contributed by atoms with Crippen LogP contribution in [0, 0.1) is 0 Å². The molecule has 0 fully saturated rings. The Morgan fingerprint density at radius 2 is 1.69 bits per heavy atom. The summed E-state index contributed by atoms with van der Waals surface area (Å²) in [7, 11) is 0.836. The summed E-state index contributed by atoms with van der Waals surface area (Å²) < 4.78 is 43.0. The number of hydrogen-bond donors (Lipinski definition) is 2. The maximum absolute atomic E-state index is 12.5. The van der Waals surface area contributed by atoms with Gasteiger partial charge in [-0.2, -0.15) is 5.10 Å². The molecule has 10 heteroatoms. The molecule has 0 aliphatic rings. The summed E-state index contributed by atoms with van der Waals surface area (Å²) >= 11 is 0. The van der Waals surface area contributed by atoms with Crippen LogP contribution >= 0.6 is 0 Å². The molecule has 1 aromatic heterocycles. The number of hydrogen-bond acceptors (Lipinski definition) is 7. The largest absolute Gasteiger partial charge is 0.497 e. The van der Waals surface area contributed by atoms with E-state index in [0.29, 0.717) is 29.6 Å². The highest BCUT2D eigenvalue weighted by Gasteiger charge is 2.17. The zero-order valence-electron chi connectivity index (χ0n) is 16.3. The number of sulfonamides is 1. The maximum atomic E-state index is 12.5. The van der Waals surface area contributed by atoms with Gasteiger partial charge in [0.1, 0.15) is 11.6 Å². The van der Waals surface area contributed by atoms with Crippen LogP contribution in [0.15, 0.2) is 47.4 Å². The molecule has 0 amide bonds. The van der Waals surface area contributed by atoms with E-state index >= 15 is 0 Å². The van der Waals surface area contributed by atoms with Gasteiger partial charge in [-0.15, -0.1) is 0 Å². The minimum atomic E-state index is -3.70. The molecule has 0 aliphatic heterocycles. The molecule has 0 radical (unpaired) electrons. The molecule has 0 atom stereocenters. The van der Waals surface area contributed by atoms with Gasteiger partial charge in [-0.25, -0.2) is 18.1 Å². The Hall–Kier alpha value is -3.11. The summed E-state index contributed by atoms with van der Waals surface area (Å²) in [6.07, 6.45) is 0.357. The molecule has 0 bridgehead atoms. The number of benzene rings is 2. The van der Waals surface area contributed by atoms with E-state index in [1.54, 1.807) is 13.2 Å². The Balaban J connectivity index is 1.63. The standard InChI is InChI=1S/C19H22N4O5S/c1-26-14-6-4-13(5-7-14)19-21-18(22-23-19)10-11-20-29(24,25)15-8-9-16(27-2)17(12-15)28-3/h4-9,12,20H,10-11H2,1-3H3,(H,21,22,23). The van der Waals surface area contributed by atoms with Crippen molar-refractivity contribution >= 4 is 10.0 Å². The highest BCUT2D eigenvalue weighted by molar-refractivity contribution is 7.89. The fraction of sp³-hybridized carbons (Fsp3) is 0.263. The fourth-order valence-electron chi connectivity index (χ4n) is 2.65. The average molecular weight is 418 g/mol. The molecule has 29 heavy (non-hydrogen) atoms. The third-order valence-electron chi connectivity index (χ3n) is 4.20. The van der Waals surface area contributed by atoms with Gasteiger partial charge in [0.05, 0.1) is 26.2 Å². The van der Waals surface area contributed by atoms with Crippen LogP contribution in [0.2, 0.25) is 0 Å². The van der Waals surface area contributed by atoms with Crippen LogP contribution in [0.1, 0.15) is 5.82 Å². The molecule has 3 aromatic rings. The first kappa shape index (κ1) is 20.6. The predicted molar refractivity (Wildman–Crippen MR) is 107 cm³/mol. The number of H-pyrrole nitrogens is 1. The van der Waals surface area contributed by atoms with Crippen molar-refractivity contribution in [2.24, 2.45) is 0 Å². The average Bonchev–Trinajstić information content (AvgIpc) is 3.22. The summed E-state index contributed by atoms with van der Waals surface area (Å²) in [6, 6.07) is 11.8. The van der Waals surface area contributed by atoms with Crippen molar-refractivity contribution in [2.45, 2.75) is 11.3 Å². The number of aromatic nitrogens is 3. The maximum Gasteiger partial charge on any atom is 0.240 e. The van der Waals surface area contributed by atoms with Crippen molar-refractivity contribution in [3.8, 4) is 28.6 Å². The number of methoxy groups -OCH3 is 3. The van der Waals surface area contributed by atoms with Crippen LogP contribution in [0.3, 0.4) is 0 Å². The molecule has 2 aromatic carbocycles. The first-order chi connectivity index (χ1) is 14.0. The second kappa shape index (κ2) is 8.93. The van der Waals surface area contributed by atoms with Crippen molar-refractivity contribution in [3.05, 3.63) is 48.3 Å². The van der Waals surface area contributed by atoms with Gasteiger partial charge in [0.25, 0.3) is 0 Å². The normalized spacial score (nSPS) is 11.3. The molecule has 0 saturated carbocycles. The predicted octanol–water partition coefficient (Wildman–Crippen LogP) is 2.02. The number of rotatable bonds is 9. The van der Waals surface area contributed by atoms with Crippen molar-refractivity contribution < 1.29 is 22.6 Å². The Bertz CT molecular complexity index is 1060. The van der Waals surface area contributed by atoms with Crippen molar-refractivity contribution in [2.75, 3.05) is 27.9 Å². The second-order valence-electron chi connectivity index (χ2n) is 6.00. The zero-order valence-corrected chi connectivity index (χ0v) is 17.1. The van der Waals surface area contributed by atoms with Crippen molar-refractivity contribution in [1.29, 1.82) is 0 Å². The van der Waals surface area contributed by atoms with E-state index in [9.17, 15) is 8.42 Å². The van der Waals surface area contributed by atoms with Crippen LogP contribution in [-0.2, 0) is 16.4 Å². The van der Waals surface area contributed by atoms with E-state index in [4.69, 9.17) is 14.2 Å². The smallest absolute Gasteiger partial charge is 0.240 e. The summed E-state index contributed by atoms with van der Waals surface area (Å²) in [5.74, 6) is 2.65. The minimum Gasteiger partial charge on any atom is -0.497 e. The van der Waals surface area contributed by atoms with Gasteiger partial charge in [-0.3, -0.25) is 5.10 Å². The molecular weight excluding hydrogens is 396 g/mol. The third kappa shape index (κ3) is 4.84. The van der Waals surface area contributed by atoms with Crippen LogP contribution in [0.5, 0.6) is 17.2 Å². The van der Waals surface area contributed by atoms with Crippen LogP contribution in [0.25, 0.3) is 11.4 Å². The number of nitrogens with zero attached hydrogens (tertiary/aromatic N) is 2. The number of aromatic amines is 1. The molecule has 0 spiro atoms. The molecular formula is C19H22N4O5S. The molecule has 0 saturated heterocycles. The summed E-state index contributed by atoms with van der Waals surface area (Å²) in [5.41, 5.74) is 0.833. The first-order valence-corrected chi connectivity index (χ1v) is 10.2. The quantitative estimate of drug-likeness (QED) is 0.546. The van der Waals surface area contributed by atoms with E-state index in [2.05, 4.69) is 19.9 Å². The van der Waals surface area contributed by atoms with Crippen LogP contribution in [-0.4, -0.2) is 51.5 Å². The lowest BCUT2D eigenvalue weighted by atomic mass is 10.2. The van der Waals surface area contributed by atoms with Gasteiger partial charge in [0.2, 0.25) is 10.0 Å². The van der Waals surface area contributed by atoms with Gasteiger partial charge in [0, 0.05) is 24.6 Å². The molecule has 154 valence electrons. The van der Waals surface area contributed by atoms with E-state index in [1.807, 2.05) is 24.3 Å². The highest BCUT2D eigenvalue weighted by Crippen LogP contribution is 2.29. The number of nitrogens with one attached hydrogen (secondary N) is 2. The Morgan fingerprint density at radius 1 is 0.966 bits per heavy atom. The Labute approximate surface area is 169 Å². The molecule has 3 rings (SSSR count). The number of ether oxygens (including phenoxy) is 3. The lowest BCUT2D eigenvalue weighted by Gasteiger charge is -2.10. The van der Waals surface area contributed by atoms with Gasteiger partial charge >= 0.3 is 0 Å². The van der Waals surface area contributed by atoms with E-state index in [0.717, 1.165) is 11.3 Å². The molecule has 0 aliphatic carbocycles. The molecule has 1 heterocycles. The highest BCUT2D eigenvalue weighted by atomic mass is 32.2. The van der Waals surface area contributed by atoms with E-state index < -0.39 is 10.0 Å². The van der Waals surface area contributed by atoms with Gasteiger partial charge in [0.15, 0.2) is 17.3 Å². The summed E-state index contributed by atoms with van der Waals surface area (Å²) in [4.78, 5) is 4.49. The van der Waals surface area contributed by atoms with Gasteiger partial charge in [-0.1, -0.05) is 0 Å². The topological polar surface area (TPSA) is 115 Å². The summed E-state index contributed by atoms with van der Waals surface area (Å²) in [5, 5.41) is 7.00. The van der Waals surface area contributed by atoms with Crippen LogP contribution in [0.4, 0.5) is 0 Å². The van der Waals surface area contributed by atoms with E-state index in [1.165, 1.54) is 26.4 Å². The monoisotopic (exact) mass is 418 g/mol. The molecule has 0 unspecified atom stereocenters. The third-order valence-corrected chi connectivity index (χ3v) is 5.66. The Kier molecular flexibility index (Phi) is 6.35. The lowest BCUT2D eigenvalue weighted by molar-refractivity contribution is 0.354. The minimum absolute atomic E-state index is 0.0895. The van der Waals surface area contributed by atoms with Crippen molar-refractivity contribution in [1.82, 2.24) is 19.9 Å². The first-order valence-electron chi connectivity index (χ1n) is 8.74. The SMILES string of the molecule is COc1ccc(-c2n[nH]c(CCNS(=O)(=O)c3ccc(OC)c(OC)c3)n2)cc1. The fourth-order valence-corrected chi connectivity index (χ4v) is 3.69. The molecule has 9 nitrogen and oxygen atoms in total. The zero-order chi connectivity index (χ0) is 20.9. The van der Waals surface area contributed by atoms with E-state index in [-0.39, 0.29) is 11.4 Å². The second-order valence-corrected chi connectivity index (χ2v) is 7.77. The van der Waals surface area contributed by atoms with Crippen molar-refractivity contribution in [3.63, 3.8) is 0 Å². The van der Waals surface area contributed by atoms with Crippen LogP contribution < -0.4 is 18.9 Å². The summed E-state index contributed by atoms with van der Waals surface area (Å²) in [6.45, 7) is 0.161. The van der Waals surface area contributed by atoms with Gasteiger partial charge < -0.3 is 14.2 Å². The van der Waals surface area contributed by atoms with Gasteiger partial charge in [-0.05, 0) is 36.4 Å². The Morgan fingerprint density at radius 3 is 2.34 bits per heavy atom.